The van der Waals surface area contributed by atoms with Crippen LogP contribution in [0.15, 0.2) is 23.4 Å². The second-order valence-corrected chi connectivity index (χ2v) is 5.05. The lowest BCUT2D eigenvalue weighted by atomic mass is 9.84. The van der Waals surface area contributed by atoms with Gasteiger partial charge in [0.2, 0.25) is 0 Å². The lowest BCUT2D eigenvalue weighted by Gasteiger charge is -2.27. The normalized spacial score (nSPS) is 32.9. The maximum atomic E-state index is 11.2. The minimum absolute atomic E-state index is 0.464. The maximum Gasteiger partial charge on any atom is 0.412 e. The predicted octanol–water partition coefficient (Wildman–Crippen LogP) is 1.56. The second kappa shape index (κ2) is 2.91. The quantitative estimate of drug-likeness (QED) is 0.761. The van der Waals surface area contributed by atoms with Gasteiger partial charge in [0.15, 0.2) is 5.60 Å². The van der Waals surface area contributed by atoms with Crippen molar-refractivity contribution in [2.24, 2.45) is 5.41 Å². The molecule has 2 fully saturated rings. The number of hydrogen-bond acceptors (Lipinski definition) is 3. The van der Waals surface area contributed by atoms with Crippen LogP contribution in [0.2, 0.25) is 0 Å². The Morgan fingerprint density at radius 2 is 2.24 bits per heavy atom. The van der Waals surface area contributed by atoms with Gasteiger partial charge < -0.3 is 9.84 Å². The summed E-state index contributed by atoms with van der Waals surface area (Å²) in [5.41, 5.74) is 0.104. The second-order valence-electron chi connectivity index (χ2n) is 5.05. The van der Waals surface area contributed by atoms with Gasteiger partial charge in [-0.2, -0.15) is 0 Å². The summed E-state index contributed by atoms with van der Waals surface area (Å²) in [5, 5.41) is 11.9. The van der Waals surface area contributed by atoms with Crippen LogP contribution in [0.1, 0.15) is 26.2 Å². The molecule has 2 aliphatic carbocycles. The van der Waals surface area contributed by atoms with Gasteiger partial charge in [-0.05, 0) is 31.4 Å². The Labute approximate surface area is 98.1 Å². The largest absolute Gasteiger partial charge is 0.481 e. The number of aliphatic carboxylic acids is 1. The van der Waals surface area contributed by atoms with Crippen molar-refractivity contribution in [3.05, 3.63) is 23.4 Å². The molecule has 5 nitrogen and oxygen atoms in total. The fourth-order valence-corrected chi connectivity index (χ4v) is 2.47. The van der Waals surface area contributed by atoms with E-state index in [0.29, 0.717) is 25.0 Å². The monoisotopic (exact) mass is 235 g/mol. The fourth-order valence-electron chi connectivity index (χ4n) is 2.47. The molecule has 90 valence electrons. The zero-order chi connectivity index (χ0) is 12.3. The van der Waals surface area contributed by atoms with Crippen LogP contribution in [0.3, 0.4) is 0 Å². The molecule has 1 atom stereocenters. The first-order valence-electron chi connectivity index (χ1n) is 5.63. The molecule has 1 unspecified atom stereocenters. The van der Waals surface area contributed by atoms with E-state index in [1.807, 2.05) is 13.0 Å². The lowest BCUT2D eigenvalue weighted by Crippen LogP contribution is -2.30. The summed E-state index contributed by atoms with van der Waals surface area (Å²) in [6, 6.07) is 0. The minimum Gasteiger partial charge on any atom is -0.481 e. The topological polar surface area (TPSA) is 75.6 Å². The summed E-state index contributed by atoms with van der Waals surface area (Å²) in [5.74, 6) is -0.783. The number of amides is 1. The van der Waals surface area contributed by atoms with Gasteiger partial charge in [0, 0.05) is 6.42 Å². The number of nitrogens with one attached hydrogen (secondary N) is 1. The Kier molecular flexibility index (Phi) is 1.78. The van der Waals surface area contributed by atoms with Crippen molar-refractivity contribution in [2.45, 2.75) is 31.8 Å². The summed E-state index contributed by atoms with van der Waals surface area (Å²) < 4.78 is 5.18. The van der Waals surface area contributed by atoms with E-state index in [2.05, 4.69) is 5.32 Å². The van der Waals surface area contributed by atoms with Gasteiger partial charge in [-0.25, -0.2) is 4.79 Å². The number of hydrogen-bond donors (Lipinski definition) is 2. The molecule has 1 saturated heterocycles. The molecule has 0 spiro atoms. The van der Waals surface area contributed by atoms with E-state index in [0.717, 1.165) is 5.57 Å². The molecule has 0 bridgehead atoms. The van der Waals surface area contributed by atoms with Crippen LogP contribution in [-0.2, 0) is 9.53 Å². The molecule has 1 aliphatic heterocycles. The van der Waals surface area contributed by atoms with Crippen LogP contribution in [0, 0.1) is 5.41 Å². The average molecular weight is 235 g/mol. The molecule has 17 heavy (non-hydrogen) atoms. The van der Waals surface area contributed by atoms with Crippen molar-refractivity contribution >= 4 is 12.1 Å². The molecule has 0 aromatic rings. The van der Waals surface area contributed by atoms with Crippen molar-refractivity contribution in [2.75, 3.05) is 0 Å². The van der Waals surface area contributed by atoms with Gasteiger partial charge in [-0.3, -0.25) is 10.1 Å². The van der Waals surface area contributed by atoms with E-state index in [-0.39, 0.29) is 0 Å². The Bertz CT molecular complexity index is 487. The molecule has 1 amide bonds. The third-order valence-electron chi connectivity index (χ3n) is 3.85. The maximum absolute atomic E-state index is 11.2. The molecule has 3 rings (SSSR count). The number of rotatable bonds is 2. The third kappa shape index (κ3) is 1.31. The lowest BCUT2D eigenvalue weighted by molar-refractivity contribution is -0.141. The minimum atomic E-state index is -0.783. The van der Waals surface area contributed by atoms with Crippen molar-refractivity contribution in [1.29, 1.82) is 0 Å². The first kappa shape index (κ1) is 10.4. The number of carboxylic acids is 1. The average Bonchev–Trinajstić information content (AvgIpc) is 2.97. The van der Waals surface area contributed by atoms with Crippen molar-refractivity contribution in [3.63, 3.8) is 0 Å². The van der Waals surface area contributed by atoms with E-state index in [9.17, 15) is 14.7 Å². The van der Waals surface area contributed by atoms with Gasteiger partial charge in [0.25, 0.3) is 0 Å². The van der Waals surface area contributed by atoms with Crippen LogP contribution < -0.4 is 5.32 Å². The van der Waals surface area contributed by atoms with Crippen LogP contribution in [0.25, 0.3) is 0 Å². The molecular formula is C12H13NO4. The van der Waals surface area contributed by atoms with Gasteiger partial charge in [-0.1, -0.05) is 6.08 Å². The van der Waals surface area contributed by atoms with E-state index < -0.39 is 23.1 Å². The van der Waals surface area contributed by atoms with Crippen LogP contribution in [0.5, 0.6) is 0 Å². The zero-order valence-electron chi connectivity index (χ0n) is 9.45. The number of ether oxygens (including phenoxy) is 1. The highest BCUT2D eigenvalue weighted by Crippen LogP contribution is 2.54. The standard InChI is InChI=1S/C12H13NO4/c1-11-3-2-7(12(4-5-12)9(14)15)6-8(11)13-10(16)17-11/h2,6H,3-5H2,1H3,(H,13,16)(H,14,15). The molecule has 0 aromatic carbocycles. The predicted molar refractivity (Wildman–Crippen MR) is 58.1 cm³/mol. The summed E-state index contributed by atoms with van der Waals surface area (Å²) in [6.07, 6.45) is 5.04. The van der Waals surface area contributed by atoms with Crippen molar-refractivity contribution in [3.8, 4) is 0 Å². The Balaban J connectivity index is 1.95. The van der Waals surface area contributed by atoms with Crippen molar-refractivity contribution in [1.82, 2.24) is 5.32 Å². The van der Waals surface area contributed by atoms with Crippen LogP contribution in [0.4, 0.5) is 4.79 Å². The smallest absolute Gasteiger partial charge is 0.412 e. The number of carbonyl (C=O) groups is 2. The third-order valence-corrected chi connectivity index (χ3v) is 3.85. The Morgan fingerprint density at radius 1 is 1.53 bits per heavy atom. The number of allylic oxidation sites excluding steroid dienone is 1. The van der Waals surface area contributed by atoms with Crippen molar-refractivity contribution < 1.29 is 19.4 Å². The molecule has 0 radical (unpaired) electrons. The zero-order valence-corrected chi connectivity index (χ0v) is 9.45. The summed E-state index contributed by atoms with van der Waals surface area (Å²) in [7, 11) is 0. The molecule has 5 heteroatoms. The van der Waals surface area contributed by atoms with E-state index in [1.54, 1.807) is 6.08 Å². The Hall–Kier alpha value is -1.78. The van der Waals surface area contributed by atoms with Gasteiger partial charge in [0.05, 0.1) is 11.1 Å². The molecule has 0 aromatic heterocycles. The number of alkyl carbamates (subject to hydrolysis) is 1. The highest BCUT2D eigenvalue weighted by Gasteiger charge is 2.54. The molecule has 3 aliphatic rings. The molecular weight excluding hydrogens is 222 g/mol. The SMILES string of the molecule is CC12CC=C(C3(C(=O)O)CC3)C=C1NC(=O)O2. The number of carboxylic acid groups (broad SMARTS) is 1. The molecule has 1 saturated carbocycles. The summed E-state index contributed by atoms with van der Waals surface area (Å²) >= 11 is 0. The van der Waals surface area contributed by atoms with Gasteiger partial charge in [-0.15, -0.1) is 0 Å². The van der Waals surface area contributed by atoms with Gasteiger partial charge >= 0.3 is 12.1 Å². The first-order chi connectivity index (χ1) is 7.96. The molecule has 2 N–H and O–H groups in total. The number of fused-ring (bicyclic) bond motifs is 1. The first-order valence-corrected chi connectivity index (χ1v) is 5.63. The van der Waals surface area contributed by atoms with E-state index in [4.69, 9.17) is 4.74 Å². The van der Waals surface area contributed by atoms with E-state index in [1.165, 1.54) is 0 Å². The van der Waals surface area contributed by atoms with Crippen LogP contribution >= 0.6 is 0 Å². The van der Waals surface area contributed by atoms with Gasteiger partial charge in [0.1, 0.15) is 0 Å². The van der Waals surface area contributed by atoms with E-state index >= 15 is 0 Å². The summed E-state index contributed by atoms with van der Waals surface area (Å²) in [6.45, 7) is 1.82. The fraction of sp³-hybridized carbons (Fsp3) is 0.500. The highest BCUT2D eigenvalue weighted by molar-refractivity contribution is 5.84. The van der Waals surface area contributed by atoms with Crippen LogP contribution in [-0.4, -0.2) is 22.8 Å². The summed E-state index contributed by atoms with van der Waals surface area (Å²) in [4.78, 5) is 22.4. The number of carbonyl (C=O) groups excluding carboxylic acids is 1. The highest BCUT2D eigenvalue weighted by atomic mass is 16.6. The molecule has 1 heterocycles. The Morgan fingerprint density at radius 3 is 2.82 bits per heavy atom.